The first-order valence-electron chi connectivity index (χ1n) is 21.6. The van der Waals surface area contributed by atoms with Crippen LogP contribution in [0.4, 0.5) is 0 Å². The van der Waals surface area contributed by atoms with Gasteiger partial charge in [-0.2, -0.15) is 0 Å². The van der Waals surface area contributed by atoms with Gasteiger partial charge in [-0.05, 0) is 93.0 Å². The Balaban J connectivity index is 1.95. The van der Waals surface area contributed by atoms with Gasteiger partial charge in [0, 0.05) is 25.2 Å². The van der Waals surface area contributed by atoms with E-state index < -0.39 is 95.4 Å². The molecule has 1 N–H and O–H groups in total. The second kappa shape index (κ2) is 16.5. The maximum atomic E-state index is 16.6. The van der Waals surface area contributed by atoms with Crippen molar-refractivity contribution in [3.8, 4) is 0 Å². The van der Waals surface area contributed by atoms with Crippen molar-refractivity contribution < 1.29 is 47.0 Å². The summed E-state index contributed by atoms with van der Waals surface area (Å²) in [5.74, 6) is -2.45. The molecule has 1 heterocycles. The maximum Gasteiger partial charge on any atom is 0.338 e. The molecule has 5 rings (SSSR count). The van der Waals surface area contributed by atoms with Gasteiger partial charge in [-0.25, -0.2) is 4.79 Å². The molecule has 0 aromatic heterocycles. The Morgan fingerprint density at radius 2 is 1.40 bits per heavy atom. The third-order valence-electron chi connectivity index (χ3n) is 15.0. The second-order valence-corrected chi connectivity index (χ2v) is 33.0. The lowest BCUT2D eigenvalue weighted by atomic mass is 9.44. The molecular formula is C44H72O10Si3. The number of Topliss-reactive ketones (excluding diaryl/α,β-unsaturated/α-hetero) is 1. The van der Waals surface area contributed by atoms with Gasteiger partial charge in [0.05, 0.1) is 35.7 Å². The van der Waals surface area contributed by atoms with E-state index in [4.69, 9.17) is 27.5 Å². The fraction of sp³-hybridized carbons (Fsp3) is 0.750. The van der Waals surface area contributed by atoms with Crippen molar-refractivity contribution in [3.05, 3.63) is 47.0 Å². The average Bonchev–Trinajstić information content (AvgIpc) is 3.16. The number of esters is 2. The lowest BCUT2D eigenvalue weighted by Gasteiger charge is -2.68. The van der Waals surface area contributed by atoms with Crippen LogP contribution in [0.1, 0.15) is 99.4 Å². The van der Waals surface area contributed by atoms with Gasteiger partial charge in [0.25, 0.3) is 0 Å². The van der Waals surface area contributed by atoms with Crippen molar-refractivity contribution in [3.63, 3.8) is 0 Å². The average molecular weight is 845 g/mol. The van der Waals surface area contributed by atoms with Crippen molar-refractivity contribution >= 4 is 42.7 Å². The summed E-state index contributed by atoms with van der Waals surface area (Å²) in [7, 11) is -7.27. The number of ether oxygens (including phenoxy) is 3. The summed E-state index contributed by atoms with van der Waals surface area (Å²) in [6.07, 6.45) is -4.00. The zero-order valence-corrected chi connectivity index (χ0v) is 40.3. The predicted molar refractivity (Wildman–Crippen MR) is 230 cm³/mol. The van der Waals surface area contributed by atoms with Gasteiger partial charge in [-0.1, -0.05) is 73.6 Å². The van der Waals surface area contributed by atoms with E-state index in [1.807, 2.05) is 33.8 Å². The molecule has 0 unspecified atom stereocenters. The molecule has 0 spiro atoms. The van der Waals surface area contributed by atoms with Gasteiger partial charge in [-0.15, -0.1) is 0 Å². The van der Waals surface area contributed by atoms with E-state index in [0.717, 1.165) is 41.8 Å². The molecule has 1 aromatic carbocycles. The van der Waals surface area contributed by atoms with Gasteiger partial charge in [0.2, 0.25) is 0 Å². The van der Waals surface area contributed by atoms with Gasteiger partial charge < -0.3 is 32.6 Å². The minimum atomic E-state index is -2.55. The van der Waals surface area contributed by atoms with E-state index in [1.54, 1.807) is 24.3 Å². The van der Waals surface area contributed by atoms with Crippen molar-refractivity contribution in [1.29, 1.82) is 0 Å². The van der Waals surface area contributed by atoms with E-state index in [9.17, 15) is 14.7 Å². The molecular weight excluding hydrogens is 773 g/mol. The molecule has 10 nitrogen and oxygen atoms in total. The molecule has 1 aliphatic heterocycles. The number of rotatable bonds is 15. The highest BCUT2D eigenvalue weighted by molar-refractivity contribution is 6.74. The first-order valence-corrected chi connectivity index (χ1v) is 30.1. The van der Waals surface area contributed by atoms with Crippen LogP contribution in [-0.2, 0) is 37.1 Å². The van der Waals surface area contributed by atoms with E-state index in [-0.39, 0.29) is 18.8 Å². The van der Waals surface area contributed by atoms with Gasteiger partial charge in [-0.3, -0.25) is 9.59 Å². The van der Waals surface area contributed by atoms with Crippen LogP contribution in [0.5, 0.6) is 0 Å². The summed E-state index contributed by atoms with van der Waals surface area (Å²) in [6, 6.07) is 13.6. The fourth-order valence-electron chi connectivity index (χ4n) is 11.0. The summed E-state index contributed by atoms with van der Waals surface area (Å²) in [5.41, 5.74) is -4.05. The van der Waals surface area contributed by atoms with E-state index in [2.05, 4.69) is 61.2 Å². The minimum Gasteiger partial charge on any atom is -0.455 e. The first-order chi connectivity index (χ1) is 26.5. The van der Waals surface area contributed by atoms with Crippen molar-refractivity contribution in [1.82, 2.24) is 0 Å². The number of ketones is 1. The fourth-order valence-corrected chi connectivity index (χ4v) is 17.8. The van der Waals surface area contributed by atoms with Crippen LogP contribution < -0.4 is 0 Å². The molecule has 4 aliphatic rings. The highest BCUT2D eigenvalue weighted by Crippen LogP contribution is 2.65. The summed E-state index contributed by atoms with van der Waals surface area (Å²) >= 11 is 0. The van der Waals surface area contributed by atoms with E-state index >= 15 is 4.79 Å². The van der Waals surface area contributed by atoms with Crippen LogP contribution >= 0.6 is 0 Å². The van der Waals surface area contributed by atoms with Crippen LogP contribution in [0.3, 0.4) is 0 Å². The second-order valence-electron chi connectivity index (χ2n) is 19.1. The number of benzene rings is 1. The van der Waals surface area contributed by atoms with Gasteiger partial charge in [0.15, 0.2) is 36.3 Å². The molecule has 320 valence electrons. The molecule has 13 heteroatoms. The normalized spacial score (nSPS) is 34.0. The third-order valence-corrected chi connectivity index (χ3v) is 25.2. The Hall–Kier alpha value is -1.98. The molecule has 2 saturated carbocycles. The lowest BCUT2D eigenvalue weighted by Crippen LogP contribution is -2.82. The minimum absolute atomic E-state index is 0.0229. The standard InChI is InChI=1S/C44H72O10Si3/c1-15-56(16-2,17-3)53-33-26-34-43(28-49-34,51-30(8)45)37-39(50-40(47)31-24-22-21-23-25-31)44(48)27-32(52-55(12,13)14)29(7)35(41(44,9)10)36(38(46)42(33,37)11)54-57(18-4,19-5)20-6/h21-25,32-34,36-37,39,48H,15-20,26-28H2,1-14H3/t32-,33-,34+,36+,37-,39+,42+,43-,44+/m0/s1. The first kappa shape index (κ1) is 46.1. The molecule has 0 radical (unpaired) electrons. The largest absolute Gasteiger partial charge is 0.455 e. The number of aliphatic hydroxyl groups is 1. The molecule has 9 atom stereocenters. The van der Waals surface area contributed by atoms with Crippen LogP contribution in [-0.4, -0.2) is 96.1 Å². The van der Waals surface area contributed by atoms with Crippen LogP contribution in [0.25, 0.3) is 0 Å². The highest BCUT2D eigenvalue weighted by atomic mass is 28.4. The van der Waals surface area contributed by atoms with Gasteiger partial charge in [0.1, 0.15) is 23.9 Å². The van der Waals surface area contributed by atoms with E-state index in [1.165, 1.54) is 6.92 Å². The molecule has 3 aliphatic carbocycles. The van der Waals surface area contributed by atoms with Crippen molar-refractivity contribution in [2.75, 3.05) is 6.61 Å². The number of carbonyl (C=O) groups excluding carboxylic acids is 3. The van der Waals surface area contributed by atoms with Crippen LogP contribution in [0.15, 0.2) is 41.5 Å². The molecule has 57 heavy (non-hydrogen) atoms. The number of hydrogen-bond acceptors (Lipinski definition) is 10. The molecule has 2 bridgehead atoms. The van der Waals surface area contributed by atoms with Gasteiger partial charge >= 0.3 is 11.9 Å². The van der Waals surface area contributed by atoms with E-state index in [0.29, 0.717) is 17.6 Å². The Morgan fingerprint density at radius 1 is 0.860 bits per heavy atom. The predicted octanol–water partition coefficient (Wildman–Crippen LogP) is 9.00. The Bertz CT molecular complexity index is 1670. The van der Waals surface area contributed by atoms with Crippen molar-refractivity contribution in [2.45, 2.75) is 187 Å². The monoisotopic (exact) mass is 844 g/mol. The number of carbonyl (C=O) groups is 3. The molecule has 1 aromatic rings. The Morgan fingerprint density at radius 3 is 1.88 bits per heavy atom. The number of fused-ring (bicyclic) bond motifs is 5. The quantitative estimate of drug-likeness (QED) is 0.104. The Labute approximate surface area is 345 Å². The highest BCUT2D eigenvalue weighted by Gasteiger charge is 2.78. The zero-order valence-electron chi connectivity index (χ0n) is 37.3. The lowest BCUT2D eigenvalue weighted by molar-refractivity contribution is -0.344. The molecule has 3 fully saturated rings. The topological polar surface area (TPSA) is 127 Å². The Kier molecular flexibility index (Phi) is 13.3. The summed E-state index contributed by atoms with van der Waals surface area (Å²) in [6.45, 7) is 28.4. The summed E-state index contributed by atoms with van der Waals surface area (Å²) < 4.78 is 41.6. The van der Waals surface area contributed by atoms with Crippen LogP contribution in [0, 0.1) is 16.7 Å². The summed E-state index contributed by atoms with van der Waals surface area (Å²) in [4.78, 5) is 44.6. The zero-order chi connectivity index (χ0) is 42.6. The maximum absolute atomic E-state index is 16.6. The third kappa shape index (κ3) is 7.67. The van der Waals surface area contributed by atoms with Crippen molar-refractivity contribution in [2.24, 2.45) is 16.7 Å². The summed E-state index contributed by atoms with van der Waals surface area (Å²) in [5, 5.41) is 14.1. The molecule has 0 amide bonds. The number of hydrogen-bond donors (Lipinski definition) is 1. The SMILES string of the molecule is CC[Si](CC)(CC)O[C@H]1C(=O)[C@]2(C)[C@@H](O[Si](CC)(CC)CC)C[C@H]3OC[C@@]3(OC(C)=O)[C@H]2[C@@H](OC(=O)c2ccccc2)[C@]2(O)C[C@H](O[Si](C)(C)C)C(C)=C1C2(C)C. The van der Waals surface area contributed by atoms with Crippen LogP contribution in [0.2, 0.25) is 55.9 Å². The molecule has 1 saturated heterocycles. The smallest absolute Gasteiger partial charge is 0.338 e.